The quantitative estimate of drug-likeness (QED) is 0.500. The van der Waals surface area contributed by atoms with Gasteiger partial charge in [-0.1, -0.05) is 5.92 Å². The number of hydrogen-bond acceptors (Lipinski definition) is 2. The van der Waals surface area contributed by atoms with Gasteiger partial charge in [-0.2, -0.15) is 0 Å². The Morgan fingerprint density at radius 1 is 1.78 bits per heavy atom. The zero-order chi connectivity index (χ0) is 6.41. The second-order valence-corrected chi connectivity index (χ2v) is 1.18. The van der Waals surface area contributed by atoms with Crippen LogP contribution < -0.4 is 11.1 Å². The molecule has 1 amide bonds. The highest BCUT2D eigenvalue weighted by Crippen LogP contribution is 1.55. The molecule has 0 spiro atoms. The number of carbonyl (C=O) groups is 1. The summed E-state index contributed by atoms with van der Waals surface area (Å²) in [5, 5.41) is 2.38. The van der Waals surface area contributed by atoms with Crippen LogP contribution in [0, 0.1) is 12.3 Å². The molecule has 52 valence electrons. The first kappa shape index (κ1) is 11.1. The molecule has 0 aliphatic rings. The van der Waals surface area contributed by atoms with E-state index in [4.69, 9.17) is 12.2 Å². The third kappa shape index (κ3) is 7.28. The van der Waals surface area contributed by atoms with Crippen LogP contribution in [-0.2, 0) is 4.79 Å². The minimum absolute atomic E-state index is 0. The number of terminal acetylenes is 1. The van der Waals surface area contributed by atoms with Crippen LogP contribution in [0.5, 0.6) is 0 Å². The first-order valence-corrected chi connectivity index (χ1v) is 2.21. The van der Waals surface area contributed by atoms with Crippen molar-refractivity contribution >= 4 is 18.3 Å². The number of carbonyl (C=O) groups excluding carboxylic acids is 1. The van der Waals surface area contributed by atoms with Crippen LogP contribution in [-0.4, -0.2) is 19.0 Å². The van der Waals surface area contributed by atoms with Gasteiger partial charge in [-0.25, -0.2) is 0 Å². The summed E-state index contributed by atoms with van der Waals surface area (Å²) in [6.07, 6.45) is 4.83. The molecule has 4 heteroatoms. The van der Waals surface area contributed by atoms with E-state index in [1.807, 2.05) is 0 Å². The summed E-state index contributed by atoms with van der Waals surface area (Å²) in [7, 11) is 0. The Balaban J connectivity index is 0. The Hall–Kier alpha value is -0.720. The van der Waals surface area contributed by atoms with Crippen molar-refractivity contribution < 1.29 is 4.79 Å². The minimum atomic E-state index is -0.219. The molecule has 0 aromatic heterocycles. The van der Waals surface area contributed by atoms with Crippen molar-refractivity contribution in [3.8, 4) is 12.3 Å². The molecule has 0 bridgehead atoms. The van der Waals surface area contributed by atoms with Crippen molar-refractivity contribution in [3.63, 3.8) is 0 Å². The van der Waals surface area contributed by atoms with Gasteiger partial charge in [0.05, 0.1) is 13.1 Å². The standard InChI is InChI=1S/C5H8N2O.ClH/c1-2-3-7-5(8)4-6;/h1H,3-4,6H2,(H,7,8);1H. The molecule has 0 atom stereocenters. The maximum Gasteiger partial charge on any atom is 0.234 e. The summed E-state index contributed by atoms with van der Waals surface area (Å²) in [6, 6.07) is 0. The first-order chi connectivity index (χ1) is 3.81. The maximum absolute atomic E-state index is 10.2. The van der Waals surface area contributed by atoms with Crippen molar-refractivity contribution in [1.82, 2.24) is 5.32 Å². The van der Waals surface area contributed by atoms with Gasteiger partial charge in [0, 0.05) is 0 Å². The third-order valence-electron chi connectivity index (χ3n) is 0.573. The molecule has 0 saturated carbocycles. The van der Waals surface area contributed by atoms with E-state index in [0.29, 0.717) is 0 Å². The van der Waals surface area contributed by atoms with E-state index in [2.05, 4.69) is 11.2 Å². The van der Waals surface area contributed by atoms with Gasteiger partial charge in [-0.05, 0) is 0 Å². The lowest BCUT2D eigenvalue weighted by Gasteiger charge is -1.93. The Kier molecular flexibility index (Phi) is 9.00. The topological polar surface area (TPSA) is 55.1 Å². The summed E-state index contributed by atoms with van der Waals surface area (Å²) in [5.41, 5.74) is 4.93. The average molecular weight is 149 g/mol. The summed E-state index contributed by atoms with van der Waals surface area (Å²) < 4.78 is 0. The predicted octanol–water partition coefficient (Wildman–Crippen LogP) is -0.884. The Morgan fingerprint density at radius 2 is 2.33 bits per heavy atom. The number of halogens is 1. The number of nitrogens with one attached hydrogen (secondary N) is 1. The van der Waals surface area contributed by atoms with Crippen LogP contribution in [0.25, 0.3) is 0 Å². The van der Waals surface area contributed by atoms with Crippen molar-refractivity contribution in [2.45, 2.75) is 0 Å². The maximum atomic E-state index is 10.2. The zero-order valence-corrected chi connectivity index (χ0v) is 5.70. The fraction of sp³-hybridized carbons (Fsp3) is 0.400. The highest BCUT2D eigenvalue weighted by Gasteiger charge is 1.89. The lowest BCUT2D eigenvalue weighted by Crippen LogP contribution is -2.30. The molecule has 0 unspecified atom stereocenters. The Morgan fingerprint density at radius 3 is 2.67 bits per heavy atom. The van der Waals surface area contributed by atoms with E-state index in [1.165, 1.54) is 0 Å². The Labute approximate surface area is 60.4 Å². The lowest BCUT2D eigenvalue weighted by atomic mass is 10.5. The van der Waals surface area contributed by atoms with Crippen LogP contribution in [0.4, 0.5) is 0 Å². The van der Waals surface area contributed by atoms with Gasteiger partial charge in [0.1, 0.15) is 0 Å². The highest BCUT2D eigenvalue weighted by atomic mass is 35.5. The van der Waals surface area contributed by atoms with Crippen LogP contribution >= 0.6 is 12.4 Å². The van der Waals surface area contributed by atoms with E-state index in [1.54, 1.807) is 0 Å². The van der Waals surface area contributed by atoms with Crippen molar-refractivity contribution in [3.05, 3.63) is 0 Å². The predicted molar refractivity (Wildman–Crippen MR) is 38.1 cm³/mol. The van der Waals surface area contributed by atoms with E-state index in [-0.39, 0.29) is 31.4 Å². The summed E-state index contributed by atoms with van der Waals surface area (Å²) in [6.45, 7) is 0.262. The van der Waals surface area contributed by atoms with E-state index >= 15 is 0 Å². The summed E-state index contributed by atoms with van der Waals surface area (Å²) in [5.74, 6) is 2.03. The molecule has 3 N–H and O–H groups in total. The third-order valence-corrected chi connectivity index (χ3v) is 0.573. The van der Waals surface area contributed by atoms with Gasteiger partial charge in [-0.3, -0.25) is 4.79 Å². The van der Waals surface area contributed by atoms with E-state index in [0.717, 1.165) is 0 Å². The smallest absolute Gasteiger partial charge is 0.234 e. The second-order valence-electron chi connectivity index (χ2n) is 1.18. The van der Waals surface area contributed by atoms with Crippen molar-refractivity contribution in [2.75, 3.05) is 13.1 Å². The van der Waals surface area contributed by atoms with Crippen LogP contribution in [0.2, 0.25) is 0 Å². The Bertz CT molecular complexity index is 119. The molecule has 9 heavy (non-hydrogen) atoms. The second kappa shape index (κ2) is 7.28. The molecule has 3 nitrogen and oxygen atoms in total. The molecular formula is C5H9ClN2O. The molecule has 0 aliphatic heterocycles. The average Bonchev–Trinajstić information content (AvgIpc) is 1.83. The highest BCUT2D eigenvalue weighted by molar-refractivity contribution is 5.85. The fourth-order valence-corrected chi connectivity index (χ4v) is 0.222. The van der Waals surface area contributed by atoms with Gasteiger partial charge in [0.2, 0.25) is 5.91 Å². The fourth-order valence-electron chi connectivity index (χ4n) is 0.222. The van der Waals surface area contributed by atoms with E-state index in [9.17, 15) is 4.79 Å². The number of hydrogen-bond donors (Lipinski definition) is 2. The van der Waals surface area contributed by atoms with Gasteiger partial charge < -0.3 is 11.1 Å². The lowest BCUT2D eigenvalue weighted by molar-refractivity contribution is -0.119. The van der Waals surface area contributed by atoms with E-state index < -0.39 is 0 Å². The van der Waals surface area contributed by atoms with Gasteiger partial charge in [-0.15, -0.1) is 18.8 Å². The SMILES string of the molecule is C#CCNC(=O)CN.Cl. The summed E-state index contributed by atoms with van der Waals surface area (Å²) in [4.78, 5) is 10.2. The molecule has 0 aromatic rings. The molecule has 0 rings (SSSR count). The zero-order valence-electron chi connectivity index (χ0n) is 4.89. The van der Waals surface area contributed by atoms with Crippen molar-refractivity contribution in [1.29, 1.82) is 0 Å². The molecule has 0 aromatic carbocycles. The molecule has 0 heterocycles. The number of rotatable bonds is 2. The van der Waals surface area contributed by atoms with Gasteiger partial charge in [0.25, 0.3) is 0 Å². The molecule has 0 aliphatic carbocycles. The monoisotopic (exact) mass is 148 g/mol. The number of amides is 1. The van der Waals surface area contributed by atoms with Crippen molar-refractivity contribution in [2.24, 2.45) is 5.73 Å². The number of nitrogens with two attached hydrogens (primary N) is 1. The van der Waals surface area contributed by atoms with Crippen LogP contribution in [0.15, 0.2) is 0 Å². The molecular weight excluding hydrogens is 140 g/mol. The molecule has 0 saturated heterocycles. The van der Waals surface area contributed by atoms with Crippen LogP contribution in [0.1, 0.15) is 0 Å². The minimum Gasteiger partial charge on any atom is -0.344 e. The van der Waals surface area contributed by atoms with Gasteiger partial charge >= 0.3 is 0 Å². The van der Waals surface area contributed by atoms with Gasteiger partial charge in [0.15, 0.2) is 0 Å². The summed E-state index contributed by atoms with van der Waals surface area (Å²) >= 11 is 0. The molecule has 0 fully saturated rings. The van der Waals surface area contributed by atoms with Crippen LogP contribution in [0.3, 0.4) is 0 Å². The first-order valence-electron chi connectivity index (χ1n) is 2.21. The molecule has 0 radical (unpaired) electrons. The largest absolute Gasteiger partial charge is 0.344 e. The normalized spacial score (nSPS) is 6.67.